The monoisotopic (exact) mass is 260 g/mol. The molecule has 0 saturated heterocycles. The van der Waals surface area contributed by atoms with Crippen LogP contribution >= 0.6 is 27.7 Å². The van der Waals surface area contributed by atoms with Crippen molar-refractivity contribution in [3.8, 4) is 0 Å². The van der Waals surface area contributed by atoms with Crippen LogP contribution in [-0.4, -0.2) is 15.8 Å². The Hall–Kier alpha value is 0.0400. The normalized spacial score (nSPS) is 15.8. The molecule has 0 amide bonds. The summed E-state index contributed by atoms with van der Waals surface area (Å²) in [6, 6.07) is 0. The number of rotatable bonds is 2. The second kappa shape index (κ2) is 4.05. The van der Waals surface area contributed by atoms with Gasteiger partial charge >= 0.3 is 0 Å². The molecule has 72 valence electrons. The van der Waals surface area contributed by atoms with E-state index in [1.807, 2.05) is 11.8 Å². The van der Waals surface area contributed by atoms with Crippen LogP contribution in [0.3, 0.4) is 0 Å². The Balaban J connectivity index is 2.36. The topological polar surface area (TPSA) is 17.8 Å². The van der Waals surface area contributed by atoms with E-state index < -0.39 is 0 Å². The van der Waals surface area contributed by atoms with Crippen molar-refractivity contribution in [1.82, 2.24) is 9.55 Å². The molecular weight excluding hydrogens is 248 g/mol. The smallest absolute Gasteiger partial charge is 0.127 e. The molecule has 1 aromatic heterocycles. The highest BCUT2D eigenvalue weighted by Crippen LogP contribution is 2.26. The summed E-state index contributed by atoms with van der Waals surface area (Å²) < 4.78 is 3.45. The zero-order valence-corrected chi connectivity index (χ0v) is 10.1. The van der Waals surface area contributed by atoms with E-state index in [1.54, 1.807) is 0 Å². The molecule has 0 radical (unpaired) electrons. The van der Waals surface area contributed by atoms with E-state index in [4.69, 9.17) is 0 Å². The highest BCUT2D eigenvalue weighted by atomic mass is 79.9. The molecule has 2 heterocycles. The maximum absolute atomic E-state index is 4.54. The van der Waals surface area contributed by atoms with Gasteiger partial charge in [0.2, 0.25) is 0 Å². The van der Waals surface area contributed by atoms with Crippen LogP contribution in [0.15, 0.2) is 4.60 Å². The van der Waals surface area contributed by atoms with Crippen molar-refractivity contribution in [2.75, 3.05) is 6.26 Å². The number of hydrogen-bond donors (Lipinski definition) is 0. The number of halogens is 1. The Kier molecular flexibility index (Phi) is 2.99. The summed E-state index contributed by atoms with van der Waals surface area (Å²) in [5.74, 6) is 2.26. The maximum atomic E-state index is 4.54. The van der Waals surface area contributed by atoms with Crippen LogP contribution in [-0.2, 0) is 18.7 Å². The van der Waals surface area contributed by atoms with Crippen molar-refractivity contribution in [2.45, 2.75) is 31.6 Å². The van der Waals surface area contributed by atoms with E-state index in [0.717, 1.165) is 16.9 Å². The molecule has 0 atom stereocenters. The SMILES string of the molecule is CSCc1nc(Br)c2n1CCCC2. The van der Waals surface area contributed by atoms with Gasteiger partial charge in [0.15, 0.2) is 0 Å². The first-order chi connectivity index (χ1) is 6.33. The minimum atomic E-state index is 1.03. The average molecular weight is 261 g/mol. The molecule has 1 aliphatic heterocycles. The van der Waals surface area contributed by atoms with E-state index in [2.05, 4.69) is 31.7 Å². The summed E-state index contributed by atoms with van der Waals surface area (Å²) in [7, 11) is 0. The number of imidazole rings is 1. The molecule has 0 aliphatic carbocycles. The molecule has 0 spiro atoms. The van der Waals surface area contributed by atoms with Crippen LogP contribution < -0.4 is 0 Å². The highest BCUT2D eigenvalue weighted by molar-refractivity contribution is 9.10. The van der Waals surface area contributed by atoms with Gasteiger partial charge in [0.25, 0.3) is 0 Å². The molecule has 1 aromatic rings. The third kappa shape index (κ3) is 1.79. The van der Waals surface area contributed by atoms with Gasteiger partial charge in [-0.1, -0.05) is 0 Å². The first-order valence-electron chi connectivity index (χ1n) is 4.55. The molecule has 2 nitrogen and oxygen atoms in total. The Morgan fingerprint density at radius 3 is 3.15 bits per heavy atom. The van der Waals surface area contributed by atoms with Crippen LogP contribution in [0.5, 0.6) is 0 Å². The second-order valence-electron chi connectivity index (χ2n) is 3.31. The van der Waals surface area contributed by atoms with Gasteiger partial charge in [0.05, 0.1) is 11.4 Å². The lowest BCUT2D eigenvalue weighted by Crippen LogP contribution is -2.12. The lowest BCUT2D eigenvalue weighted by molar-refractivity contribution is 0.520. The van der Waals surface area contributed by atoms with Crippen LogP contribution in [0.25, 0.3) is 0 Å². The van der Waals surface area contributed by atoms with Crippen LogP contribution in [0.1, 0.15) is 24.4 Å². The average Bonchev–Trinajstić information content (AvgIpc) is 2.46. The van der Waals surface area contributed by atoms with Crippen molar-refractivity contribution in [3.05, 3.63) is 16.1 Å². The minimum Gasteiger partial charge on any atom is -0.330 e. The summed E-state index contributed by atoms with van der Waals surface area (Å²) in [5, 5.41) is 0. The molecule has 0 saturated carbocycles. The summed E-state index contributed by atoms with van der Waals surface area (Å²) in [5.41, 5.74) is 1.40. The van der Waals surface area contributed by atoms with Gasteiger partial charge in [-0.2, -0.15) is 11.8 Å². The van der Waals surface area contributed by atoms with E-state index in [0.29, 0.717) is 0 Å². The first kappa shape index (κ1) is 9.59. The third-order valence-corrected chi connectivity index (χ3v) is 3.60. The van der Waals surface area contributed by atoms with Gasteiger partial charge in [0, 0.05) is 6.54 Å². The number of thioether (sulfide) groups is 1. The van der Waals surface area contributed by atoms with Crippen LogP contribution in [0, 0.1) is 0 Å². The van der Waals surface area contributed by atoms with E-state index in [1.165, 1.54) is 30.8 Å². The van der Waals surface area contributed by atoms with Crippen LogP contribution in [0.4, 0.5) is 0 Å². The summed E-state index contributed by atoms with van der Waals surface area (Å²) in [6.45, 7) is 1.16. The first-order valence-corrected chi connectivity index (χ1v) is 6.74. The molecule has 0 fully saturated rings. The van der Waals surface area contributed by atoms with Crippen molar-refractivity contribution in [2.24, 2.45) is 0 Å². The lowest BCUT2D eigenvalue weighted by atomic mass is 10.1. The molecule has 2 rings (SSSR count). The van der Waals surface area contributed by atoms with Gasteiger partial charge in [-0.15, -0.1) is 0 Å². The number of nitrogens with zero attached hydrogens (tertiary/aromatic N) is 2. The lowest BCUT2D eigenvalue weighted by Gasteiger charge is -2.16. The predicted molar refractivity (Wildman–Crippen MR) is 60.1 cm³/mol. The standard InChI is InChI=1S/C9H13BrN2S/c1-13-6-8-11-9(10)7-4-2-3-5-12(7)8/h2-6H2,1H3. The molecule has 13 heavy (non-hydrogen) atoms. The van der Waals surface area contributed by atoms with Crippen molar-refractivity contribution < 1.29 is 0 Å². The fourth-order valence-corrected chi connectivity index (χ4v) is 2.90. The van der Waals surface area contributed by atoms with E-state index >= 15 is 0 Å². The molecule has 0 bridgehead atoms. The highest BCUT2D eigenvalue weighted by Gasteiger charge is 2.17. The third-order valence-electron chi connectivity index (χ3n) is 2.42. The quantitative estimate of drug-likeness (QED) is 0.814. The van der Waals surface area contributed by atoms with E-state index in [-0.39, 0.29) is 0 Å². The molecule has 0 aromatic carbocycles. The molecule has 0 N–H and O–H groups in total. The fraction of sp³-hybridized carbons (Fsp3) is 0.667. The Morgan fingerprint density at radius 1 is 1.54 bits per heavy atom. The van der Waals surface area contributed by atoms with Crippen LogP contribution in [0.2, 0.25) is 0 Å². The van der Waals surface area contributed by atoms with Crippen molar-refractivity contribution in [1.29, 1.82) is 0 Å². The van der Waals surface area contributed by atoms with Gasteiger partial charge in [0.1, 0.15) is 10.4 Å². The van der Waals surface area contributed by atoms with Gasteiger partial charge < -0.3 is 4.57 Å². The maximum Gasteiger partial charge on any atom is 0.127 e. The fourth-order valence-electron chi connectivity index (χ4n) is 1.81. The second-order valence-corrected chi connectivity index (χ2v) is 4.92. The minimum absolute atomic E-state index is 1.03. The zero-order chi connectivity index (χ0) is 9.26. The summed E-state index contributed by atoms with van der Waals surface area (Å²) in [4.78, 5) is 4.54. The molecule has 0 unspecified atom stereocenters. The summed E-state index contributed by atoms with van der Waals surface area (Å²) in [6.07, 6.45) is 5.92. The Morgan fingerprint density at radius 2 is 2.38 bits per heavy atom. The molecule has 1 aliphatic rings. The van der Waals surface area contributed by atoms with Gasteiger partial charge in [-0.05, 0) is 41.4 Å². The van der Waals surface area contributed by atoms with Gasteiger partial charge in [-0.25, -0.2) is 4.98 Å². The van der Waals surface area contributed by atoms with Crippen molar-refractivity contribution >= 4 is 27.7 Å². The number of fused-ring (bicyclic) bond motifs is 1. The Bertz CT molecular complexity index is 309. The number of aromatic nitrogens is 2. The molecular formula is C9H13BrN2S. The molecule has 4 heteroatoms. The number of hydrogen-bond acceptors (Lipinski definition) is 2. The summed E-state index contributed by atoms with van der Waals surface area (Å²) >= 11 is 5.37. The Labute approximate surface area is 91.2 Å². The largest absolute Gasteiger partial charge is 0.330 e. The van der Waals surface area contributed by atoms with E-state index in [9.17, 15) is 0 Å². The zero-order valence-electron chi connectivity index (χ0n) is 7.72. The predicted octanol–water partition coefficient (Wildman–Crippen LogP) is 2.84. The van der Waals surface area contributed by atoms with Crippen molar-refractivity contribution in [3.63, 3.8) is 0 Å². The van der Waals surface area contributed by atoms with Gasteiger partial charge in [-0.3, -0.25) is 0 Å².